The van der Waals surface area contributed by atoms with Crippen molar-refractivity contribution in [1.82, 2.24) is 19.8 Å². The van der Waals surface area contributed by atoms with E-state index in [9.17, 15) is 18.8 Å². The number of rotatable bonds is 5. The second-order valence-corrected chi connectivity index (χ2v) is 10.5. The number of amides is 2. The summed E-state index contributed by atoms with van der Waals surface area (Å²) in [6.07, 6.45) is 6.76. The van der Waals surface area contributed by atoms with Gasteiger partial charge in [-0.05, 0) is 37.5 Å². The molecule has 8 nitrogen and oxygen atoms in total. The van der Waals surface area contributed by atoms with Crippen LogP contribution in [0.1, 0.15) is 47.3 Å². The van der Waals surface area contributed by atoms with Crippen molar-refractivity contribution in [2.45, 2.75) is 51.6 Å². The van der Waals surface area contributed by atoms with Crippen LogP contribution < -0.4 is 15.8 Å². The van der Waals surface area contributed by atoms with Crippen molar-refractivity contribution in [3.63, 3.8) is 0 Å². The lowest BCUT2D eigenvalue weighted by molar-refractivity contribution is -0.122. The minimum absolute atomic E-state index is 0.0884. The predicted molar refractivity (Wildman–Crippen MR) is 138 cm³/mol. The van der Waals surface area contributed by atoms with E-state index in [1.54, 1.807) is 30.0 Å². The summed E-state index contributed by atoms with van der Waals surface area (Å²) in [6.45, 7) is 3.64. The number of hydrogen-bond donors (Lipinski definition) is 1. The highest BCUT2D eigenvalue weighted by Crippen LogP contribution is 2.29. The first-order valence-electron chi connectivity index (χ1n) is 12.5. The number of anilines is 1. The molecule has 5 rings (SSSR count). The number of nitrogens with zero attached hydrogens (tertiary/aromatic N) is 4. The van der Waals surface area contributed by atoms with Gasteiger partial charge in [-0.15, -0.1) is 11.3 Å². The minimum atomic E-state index is -0.309. The molecule has 36 heavy (non-hydrogen) atoms. The van der Waals surface area contributed by atoms with Crippen molar-refractivity contribution in [2.24, 2.45) is 0 Å². The number of fused-ring (bicyclic) bond motifs is 1. The summed E-state index contributed by atoms with van der Waals surface area (Å²) in [6, 6.07) is 6.82. The van der Waals surface area contributed by atoms with Gasteiger partial charge in [0.05, 0.1) is 22.3 Å². The lowest BCUT2D eigenvalue weighted by atomic mass is 9.95. The highest BCUT2D eigenvalue weighted by atomic mass is 32.1. The van der Waals surface area contributed by atoms with Crippen LogP contribution >= 0.6 is 11.3 Å². The summed E-state index contributed by atoms with van der Waals surface area (Å²) < 4.78 is 15.5. The first-order chi connectivity index (χ1) is 17.4. The lowest BCUT2D eigenvalue weighted by Crippen LogP contribution is -2.49. The monoisotopic (exact) mass is 511 g/mol. The molecule has 10 heteroatoms. The van der Waals surface area contributed by atoms with Gasteiger partial charge in [-0.25, -0.2) is 9.37 Å². The molecule has 1 saturated heterocycles. The molecule has 2 aliphatic rings. The van der Waals surface area contributed by atoms with Crippen molar-refractivity contribution in [2.75, 3.05) is 31.1 Å². The van der Waals surface area contributed by atoms with E-state index in [1.165, 1.54) is 34.7 Å². The minimum Gasteiger partial charge on any atom is -0.366 e. The molecule has 2 aromatic heterocycles. The molecule has 190 valence electrons. The molecule has 0 bridgehead atoms. The summed E-state index contributed by atoms with van der Waals surface area (Å²) in [4.78, 5) is 48.1. The highest BCUT2D eigenvalue weighted by Gasteiger charge is 2.27. The lowest BCUT2D eigenvalue weighted by Gasteiger charge is -2.36. The standard InChI is InChI=1S/C26H30FN5O3S/c1-17-22-24(28-16-32(25(22)34)15-21(33)29-18-7-3-2-4-8-18)36-23(17)26(35)31-13-11-30(12-14-31)20-10-6-5-9-19(20)27/h5-6,9-10,16,18H,2-4,7-8,11-15H2,1H3,(H,29,33). The van der Waals surface area contributed by atoms with E-state index in [0.717, 1.165) is 25.7 Å². The highest BCUT2D eigenvalue weighted by molar-refractivity contribution is 7.20. The fourth-order valence-corrected chi connectivity index (χ4v) is 6.26. The second-order valence-electron chi connectivity index (χ2n) is 9.55. The number of carbonyl (C=O) groups is 2. The Labute approximate surface area is 212 Å². The molecule has 0 spiro atoms. The van der Waals surface area contributed by atoms with Crippen LogP contribution in [-0.2, 0) is 11.3 Å². The van der Waals surface area contributed by atoms with Crippen LogP contribution in [0.4, 0.5) is 10.1 Å². The molecule has 1 saturated carbocycles. The summed E-state index contributed by atoms with van der Waals surface area (Å²) in [5.41, 5.74) is 0.826. The van der Waals surface area contributed by atoms with E-state index >= 15 is 0 Å². The number of halogens is 1. The Bertz CT molecular complexity index is 1340. The van der Waals surface area contributed by atoms with Gasteiger partial charge in [0, 0.05) is 32.2 Å². The Morgan fingerprint density at radius 1 is 1.11 bits per heavy atom. The SMILES string of the molecule is Cc1c(C(=O)N2CCN(c3ccccc3F)CC2)sc2ncn(CC(=O)NC3CCCCC3)c(=O)c12. The number of piperazine rings is 1. The molecule has 0 radical (unpaired) electrons. The number of nitrogens with one attached hydrogen (secondary N) is 1. The third kappa shape index (κ3) is 4.86. The topological polar surface area (TPSA) is 87.5 Å². The smallest absolute Gasteiger partial charge is 0.264 e. The van der Waals surface area contributed by atoms with Gasteiger partial charge >= 0.3 is 0 Å². The van der Waals surface area contributed by atoms with E-state index in [2.05, 4.69) is 10.3 Å². The van der Waals surface area contributed by atoms with Crippen LogP contribution in [0.25, 0.3) is 10.2 Å². The third-order valence-corrected chi connectivity index (χ3v) is 8.34. The molecule has 0 atom stereocenters. The first-order valence-corrected chi connectivity index (χ1v) is 13.3. The van der Waals surface area contributed by atoms with E-state index in [-0.39, 0.29) is 35.8 Å². The van der Waals surface area contributed by atoms with Crippen LogP contribution in [0.5, 0.6) is 0 Å². The van der Waals surface area contributed by atoms with Gasteiger partial charge in [0.25, 0.3) is 11.5 Å². The molecule has 1 N–H and O–H groups in total. The van der Waals surface area contributed by atoms with Gasteiger partial charge in [-0.2, -0.15) is 0 Å². The van der Waals surface area contributed by atoms with Crippen LogP contribution in [0, 0.1) is 12.7 Å². The zero-order valence-corrected chi connectivity index (χ0v) is 21.2. The number of aromatic nitrogens is 2. The Hall–Kier alpha value is -3.27. The van der Waals surface area contributed by atoms with Gasteiger partial charge in [-0.1, -0.05) is 31.4 Å². The first kappa shape index (κ1) is 24.4. The molecule has 2 fully saturated rings. The number of carbonyl (C=O) groups excluding carboxylic acids is 2. The summed E-state index contributed by atoms with van der Waals surface area (Å²) in [7, 11) is 0. The number of thiophene rings is 1. The normalized spacial score (nSPS) is 16.9. The predicted octanol–water partition coefficient (Wildman–Crippen LogP) is 3.32. The van der Waals surface area contributed by atoms with Crippen LogP contribution in [0.15, 0.2) is 35.4 Å². The maximum atomic E-state index is 14.1. The largest absolute Gasteiger partial charge is 0.366 e. The molecule has 0 unspecified atom stereocenters. The van der Waals surface area contributed by atoms with Crippen molar-refractivity contribution in [3.05, 3.63) is 57.2 Å². The Morgan fingerprint density at radius 3 is 2.56 bits per heavy atom. The Morgan fingerprint density at radius 2 is 1.83 bits per heavy atom. The van der Waals surface area contributed by atoms with Crippen molar-refractivity contribution in [3.8, 4) is 0 Å². The molecule has 1 aliphatic heterocycles. The Kier molecular flexibility index (Phi) is 7.04. The molecular formula is C26H30FN5O3S. The number of para-hydroxylation sites is 1. The molecule has 1 aliphatic carbocycles. The van der Waals surface area contributed by atoms with Crippen molar-refractivity contribution >= 4 is 39.1 Å². The van der Waals surface area contributed by atoms with Crippen LogP contribution in [-0.4, -0.2) is 58.5 Å². The average Bonchev–Trinajstić information content (AvgIpc) is 3.23. The maximum absolute atomic E-state index is 14.1. The number of hydrogen-bond acceptors (Lipinski definition) is 6. The maximum Gasteiger partial charge on any atom is 0.264 e. The van der Waals surface area contributed by atoms with E-state index < -0.39 is 0 Å². The second kappa shape index (κ2) is 10.4. The van der Waals surface area contributed by atoms with Gasteiger partial charge < -0.3 is 15.1 Å². The molecule has 3 heterocycles. The fourth-order valence-electron chi connectivity index (χ4n) is 5.15. The average molecular weight is 512 g/mol. The molecule has 2 amide bonds. The third-order valence-electron chi connectivity index (χ3n) is 7.16. The quantitative estimate of drug-likeness (QED) is 0.568. The van der Waals surface area contributed by atoms with Gasteiger partial charge in [0.15, 0.2) is 0 Å². The number of benzene rings is 1. The van der Waals surface area contributed by atoms with Crippen LogP contribution in [0.2, 0.25) is 0 Å². The van der Waals surface area contributed by atoms with Gasteiger partial charge in [-0.3, -0.25) is 19.0 Å². The van der Waals surface area contributed by atoms with E-state index in [0.29, 0.717) is 52.5 Å². The number of aryl methyl sites for hydroxylation is 1. The Balaban J connectivity index is 1.29. The zero-order chi connectivity index (χ0) is 25.2. The zero-order valence-electron chi connectivity index (χ0n) is 20.3. The van der Waals surface area contributed by atoms with Crippen molar-refractivity contribution in [1.29, 1.82) is 0 Å². The molecular weight excluding hydrogens is 481 g/mol. The van der Waals surface area contributed by atoms with Gasteiger partial charge in [0.2, 0.25) is 5.91 Å². The summed E-state index contributed by atoms with van der Waals surface area (Å²) in [5.74, 6) is -0.612. The summed E-state index contributed by atoms with van der Waals surface area (Å²) in [5, 5.41) is 3.42. The molecule has 3 aromatic rings. The molecule has 1 aromatic carbocycles. The fraction of sp³-hybridized carbons (Fsp3) is 0.462. The van der Waals surface area contributed by atoms with Crippen molar-refractivity contribution < 1.29 is 14.0 Å². The summed E-state index contributed by atoms with van der Waals surface area (Å²) >= 11 is 1.21. The van der Waals surface area contributed by atoms with E-state index in [4.69, 9.17) is 0 Å². The van der Waals surface area contributed by atoms with E-state index in [1.807, 2.05) is 4.90 Å². The van der Waals surface area contributed by atoms with Crippen LogP contribution in [0.3, 0.4) is 0 Å². The van der Waals surface area contributed by atoms with Gasteiger partial charge in [0.1, 0.15) is 17.2 Å².